The highest BCUT2D eigenvalue weighted by atomic mass is 32.2. The molecular weight excluding hydrogens is 326 g/mol. The van der Waals surface area contributed by atoms with Gasteiger partial charge in [0.05, 0.1) is 4.90 Å². The van der Waals surface area contributed by atoms with Gasteiger partial charge in [0.2, 0.25) is 15.9 Å². The summed E-state index contributed by atoms with van der Waals surface area (Å²) in [6.07, 6.45) is 3.57. The Kier molecular flexibility index (Phi) is 5.22. The zero-order chi connectivity index (χ0) is 17.2. The Morgan fingerprint density at radius 3 is 2.71 bits per heavy atom. The van der Waals surface area contributed by atoms with Gasteiger partial charge in [0.25, 0.3) is 0 Å². The van der Waals surface area contributed by atoms with Crippen molar-refractivity contribution in [2.24, 2.45) is 0 Å². The predicted molar refractivity (Wildman–Crippen MR) is 92.3 cm³/mol. The Morgan fingerprint density at radius 1 is 1.29 bits per heavy atom. The summed E-state index contributed by atoms with van der Waals surface area (Å²) < 4.78 is 27.8. The van der Waals surface area contributed by atoms with Gasteiger partial charge in [-0.1, -0.05) is 6.07 Å². The topological polar surface area (TPSA) is 78.5 Å². The molecule has 2 N–H and O–H groups in total. The van der Waals surface area contributed by atoms with Gasteiger partial charge in [-0.05, 0) is 55.5 Å². The van der Waals surface area contributed by atoms with Gasteiger partial charge in [0, 0.05) is 32.6 Å². The molecule has 0 aromatic heterocycles. The van der Waals surface area contributed by atoms with Gasteiger partial charge in [0.15, 0.2) is 0 Å². The molecule has 0 radical (unpaired) electrons. The van der Waals surface area contributed by atoms with E-state index in [4.69, 9.17) is 0 Å². The first kappa shape index (κ1) is 17.4. The first-order valence-electron chi connectivity index (χ1n) is 8.56. The maximum absolute atomic E-state index is 12.5. The SMILES string of the molecule is CC(=O)N1CCc2ccc(S(=O)(=O)NCC3CCCN3)cc2CC1. The molecule has 2 aliphatic rings. The van der Waals surface area contributed by atoms with Crippen LogP contribution in [0, 0.1) is 0 Å². The highest BCUT2D eigenvalue weighted by Gasteiger charge is 2.22. The van der Waals surface area contributed by atoms with Crippen molar-refractivity contribution in [3.05, 3.63) is 29.3 Å². The Balaban J connectivity index is 1.72. The fourth-order valence-corrected chi connectivity index (χ4v) is 4.54. The van der Waals surface area contributed by atoms with Gasteiger partial charge in [0.1, 0.15) is 0 Å². The number of amides is 1. The molecule has 6 nitrogen and oxygen atoms in total. The van der Waals surface area contributed by atoms with Crippen LogP contribution < -0.4 is 10.0 Å². The van der Waals surface area contributed by atoms with Crippen molar-refractivity contribution in [2.75, 3.05) is 26.2 Å². The van der Waals surface area contributed by atoms with Crippen LogP contribution in [-0.4, -0.2) is 51.4 Å². The van der Waals surface area contributed by atoms with Crippen molar-refractivity contribution in [1.29, 1.82) is 0 Å². The molecule has 2 aliphatic heterocycles. The molecule has 0 aliphatic carbocycles. The van der Waals surface area contributed by atoms with E-state index in [2.05, 4.69) is 10.0 Å². The molecule has 1 saturated heterocycles. The Bertz CT molecular complexity index is 712. The molecule has 3 rings (SSSR count). The van der Waals surface area contributed by atoms with Crippen LogP contribution in [-0.2, 0) is 27.7 Å². The van der Waals surface area contributed by atoms with Crippen LogP contribution in [0.15, 0.2) is 23.1 Å². The Labute approximate surface area is 143 Å². The Morgan fingerprint density at radius 2 is 2.04 bits per heavy atom. The minimum atomic E-state index is -3.49. The van der Waals surface area contributed by atoms with Crippen molar-refractivity contribution in [1.82, 2.24) is 14.9 Å². The van der Waals surface area contributed by atoms with Crippen LogP contribution in [0.5, 0.6) is 0 Å². The number of carbonyl (C=O) groups is 1. The number of rotatable bonds is 4. The Hall–Kier alpha value is -1.44. The summed E-state index contributed by atoms with van der Waals surface area (Å²) in [5.41, 5.74) is 2.16. The van der Waals surface area contributed by atoms with Crippen LogP contribution >= 0.6 is 0 Å². The molecule has 1 amide bonds. The first-order chi connectivity index (χ1) is 11.5. The summed E-state index contributed by atoms with van der Waals surface area (Å²) in [7, 11) is -3.49. The van der Waals surface area contributed by atoms with Crippen LogP contribution in [0.25, 0.3) is 0 Å². The van der Waals surface area contributed by atoms with Crippen molar-refractivity contribution in [2.45, 2.75) is 43.5 Å². The normalized spacial score (nSPS) is 21.4. The van der Waals surface area contributed by atoms with Crippen molar-refractivity contribution in [3.63, 3.8) is 0 Å². The number of carbonyl (C=O) groups excluding carboxylic acids is 1. The third-order valence-electron chi connectivity index (χ3n) is 4.92. The summed E-state index contributed by atoms with van der Waals surface area (Å²) in [4.78, 5) is 13.7. The number of nitrogens with zero attached hydrogens (tertiary/aromatic N) is 1. The van der Waals surface area contributed by atoms with Gasteiger partial charge < -0.3 is 10.2 Å². The molecule has 1 atom stereocenters. The third-order valence-corrected chi connectivity index (χ3v) is 6.34. The zero-order valence-corrected chi connectivity index (χ0v) is 14.9. The molecule has 0 spiro atoms. The van der Waals surface area contributed by atoms with E-state index >= 15 is 0 Å². The molecule has 2 heterocycles. The molecule has 1 aromatic carbocycles. The van der Waals surface area contributed by atoms with E-state index in [9.17, 15) is 13.2 Å². The predicted octanol–water partition coefficient (Wildman–Crippen LogP) is 0.664. The van der Waals surface area contributed by atoms with Crippen molar-refractivity contribution >= 4 is 15.9 Å². The fraction of sp³-hybridized carbons (Fsp3) is 0.588. The number of fused-ring (bicyclic) bond motifs is 1. The number of nitrogens with one attached hydrogen (secondary N) is 2. The van der Waals surface area contributed by atoms with Gasteiger partial charge in [-0.3, -0.25) is 4.79 Å². The molecule has 0 bridgehead atoms. The lowest BCUT2D eigenvalue weighted by molar-refractivity contribution is -0.128. The van der Waals surface area contributed by atoms with E-state index in [-0.39, 0.29) is 11.9 Å². The van der Waals surface area contributed by atoms with E-state index in [1.807, 2.05) is 11.0 Å². The second-order valence-corrected chi connectivity index (χ2v) is 8.35. The lowest BCUT2D eigenvalue weighted by Crippen LogP contribution is -2.37. The maximum atomic E-state index is 12.5. The molecule has 0 saturated carbocycles. The fourth-order valence-electron chi connectivity index (χ4n) is 3.41. The van der Waals surface area contributed by atoms with Crippen LogP contribution in [0.4, 0.5) is 0 Å². The summed E-state index contributed by atoms with van der Waals surface area (Å²) in [5.74, 6) is 0.0707. The smallest absolute Gasteiger partial charge is 0.240 e. The maximum Gasteiger partial charge on any atom is 0.240 e. The van der Waals surface area contributed by atoms with Gasteiger partial charge in [-0.15, -0.1) is 0 Å². The largest absolute Gasteiger partial charge is 0.342 e. The second-order valence-electron chi connectivity index (χ2n) is 6.58. The van der Waals surface area contributed by atoms with E-state index in [0.29, 0.717) is 31.0 Å². The van der Waals surface area contributed by atoms with E-state index in [1.165, 1.54) is 0 Å². The second kappa shape index (κ2) is 7.21. The number of sulfonamides is 1. The average Bonchev–Trinajstić information content (AvgIpc) is 2.97. The third kappa shape index (κ3) is 3.96. The van der Waals surface area contributed by atoms with E-state index in [1.54, 1.807) is 19.1 Å². The molecule has 24 heavy (non-hydrogen) atoms. The number of hydrogen-bond donors (Lipinski definition) is 2. The molecular formula is C17H25N3O3S. The van der Waals surface area contributed by atoms with E-state index in [0.717, 1.165) is 36.9 Å². The molecule has 7 heteroatoms. The molecule has 1 aromatic rings. The van der Waals surface area contributed by atoms with Crippen molar-refractivity contribution in [3.8, 4) is 0 Å². The molecule has 1 unspecified atom stereocenters. The van der Waals surface area contributed by atoms with Gasteiger partial charge in [-0.2, -0.15) is 0 Å². The summed E-state index contributed by atoms with van der Waals surface area (Å²) >= 11 is 0. The highest BCUT2D eigenvalue weighted by Crippen LogP contribution is 2.20. The monoisotopic (exact) mass is 351 g/mol. The van der Waals surface area contributed by atoms with Crippen molar-refractivity contribution < 1.29 is 13.2 Å². The lowest BCUT2D eigenvalue weighted by Gasteiger charge is -2.17. The number of benzene rings is 1. The lowest BCUT2D eigenvalue weighted by atomic mass is 10.0. The molecule has 132 valence electrons. The standard InChI is InChI=1S/C17H25N3O3S/c1-13(21)20-9-6-14-4-5-17(11-15(14)7-10-20)24(22,23)19-12-16-3-2-8-18-16/h4-5,11,16,18-19H,2-3,6-10,12H2,1H3. The van der Waals surface area contributed by atoms with Crippen LogP contribution in [0.3, 0.4) is 0 Å². The minimum Gasteiger partial charge on any atom is -0.342 e. The zero-order valence-electron chi connectivity index (χ0n) is 14.0. The van der Waals surface area contributed by atoms with Gasteiger partial charge in [-0.25, -0.2) is 13.1 Å². The van der Waals surface area contributed by atoms with E-state index < -0.39 is 10.0 Å². The molecule has 1 fully saturated rings. The first-order valence-corrected chi connectivity index (χ1v) is 10.0. The quantitative estimate of drug-likeness (QED) is 0.835. The minimum absolute atomic E-state index is 0.0707. The summed E-state index contributed by atoms with van der Waals surface area (Å²) in [6.45, 7) is 4.30. The average molecular weight is 351 g/mol. The van der Waals surface area contributed by atoms with Crippen LogP contribution in [0.2, 0.25) is 0 Å². The number of hydrogen-bond acceptors (Lipinski definition) is 4. The van der Waals surface area contributed by atoms with Gasteiger partial charge >= 0.3 is 0 Å². The summed E-state index contributed by atoms with van der Waals surface area (Å²) in [6, 6.07) is 5.56. The van der Waals surface area contributed by atoms with Crippen LogP contribution in [0.1, 0.15) is 30.9 Å². The summed E-state index contributed by atoms with van der Waals surface area (Å²) in [5, 5.41) is 3.29. The highest BCUT2D eigenvalue weighted by molar-refractivity contribution is 7.89.